The van der Waals surface area contributed by atoms with Gasteiger partial charge in [0.15, 0.2) is 0 Å². The molecule has 2 aromatic rings. The predicted octanol–water partition coefficient (Wildman–Crippen LogP) is 3.27. The van der Waals surface area contributed by atoms with Crippen molar-refractivity contribution >= 4 is 6.29 Å². The van der Waals surface area contributed by atoms with Crippen LogP contribution in [0, 0.1) is 0 Å². The number of carbonyl (C=O) groups is 1. The highest BCUT2D eigenvalue weighted by Crippen LogP contribution is 2.12. The summed E-state index contributed by atoms with van der Waals surface area (Å²) in [6, 6.07) is 15.4. The van der Waals surface area contributed by atoms with Gasteiger partial charge in [0.1, 0.15) is 12.0 Å². The average molecular weight is 270 g/mol. The summed E-state index contributed by atoms with van der Waals surface area (Å²) in [5, 5.41) is 0. The Labute approximate surface area is 119 Å². The minimum Gasteiger partial charge on any atom is -0.497 e. The van der Waals surface area contributed by atoms with E-state index >= 15 is 0 Å². The lowest BCUT2D eigenvalue weighted by Crippen LogP contribution is -1.99. The standard InChI is InChI=1S/C17H18O3/c1-19-17-8-6-16(7-9-17)13-20-11-10-14-2-4-15(12-18)5-3-14/h2-9,12H,10-11,13H2,1H3. The third kappa shape index (κ3) is 4.21. The zero-order valence-electron chi connectivity index (χ0n) is 11.5. The van der Waals surface area contributed by atoms with Crippen LogP contribution in [0.5, 0.6) is 5.75 Å². The van der Waals surface area contributed by atoms with E-state index in [1.807, 2.05) is 48.5 Å². The van der Waals surface area contributed by atoms with Crippen molar-refractivity contribution in [2.45, 2.75) is 13.0 Å². The van der Waals surface area contributed by atoms with Gasteiger partial charge in [0, 0.05) is 5.56 Å². The first-order valence-corrected chi connectivity index (χ1v) is 6.56. The van der Waals surface area contributed by atoms with E-state index in [4.69, 9.17) is 9.47 Å². The molecule has 0 bridgehead atoms. The molecule has 0 aliphatic heterocycles. The number of benzene rings is 2. The van der Waals surface area contributed by atoms with Crippen molar-refractivity contribution in [1.82, 2.24) is 0 Å². The highest BCUT2D eigenvalue weighted by Gasteiger charge is 1.97. The van der Waals surface area contributed by atoms with Crippen molar-refractivity contribution in [3.63, 3.8) is 0 Å². The molecule has 0 amide bonds. The van der Waals surface area contributed by atoms with Crippen LogP contribution in [0.25, 0.3) is 0 Å². The number of rotatable bonds is 7. The highest BCUT2D eigenvalue weighted by molar-refractivity contribution is 5.74. The van der Waals surface area contributed by atoms with Crippen molar-refractivity contribution in [2.75, 3.05) is 13.7 Å². The largest absolute Gasteiger partial charge is 0.497 e. The first-order valence-electron chi connectivity index (χ1n) is 6.56. The van der Waals surface area contributed by atoms with Crippen LogP contribution in [-0.4, -0.2) is 20.0 Å². The molecule has 104 valence electrons. The van der Waals surface area contributed by atoms with Crippen LogP contribution in [0.15, 0.2) is 48.5 Å². The summed E-state index contributed by atoms with van der Waals surface area (Å²) in [6.45, 7) is 1.25. The maximum atomic E-state index is 10.5. The van der Waals surface area contributed by atoms with Crippen molar-refractivity contribution in [3.05, 3.63) is 65.2 Å². The molecule has 2 rings (SSSR count). The number of methoxy groups -OCH3 is 1. The molecule has 2 aromatic carbocycles. The minimum absolute atomic E-state index is 0.594. The molecule has 0 unspecified atom stereocenters. The lowest BCUT2D eigenvalue weighted by atomic mass is 10.1. The molecule has 0 heterocycles. The Morgan fingerprint density at radius 1 is 0.950 bits per heavy atom. The summed E-state index contributed by atoms with van der Waals surface area (Å²) in [5.41, 5.74) is 3.00. The summed E-state index contributed by atoms with van der Waals surface area (Å²) in [6.07, 6.45) is 1.69. The first kappa shape index (κ1) is 14.3. The van der Waals surface area contributed by atoms with Gasteiger partial charge < -0.3 is 9.47 Å². The van der Waals surface area contributed by atoms with Crippen LogP contribution < -0.4 is 4.74 Å². The number of aldehydes is 1. The third-order valence-corrected chi connectivity index (χ3v) is 3.08. The second kappa shape index (κ2) is 7.46. The zero-order chi connectivity index (χ0) is 14.2. The van der Waals surface area contributed by atoms with E-state index in [9.17, 15) is 4.79 Å². The van der Waals surface area contributed by atoms with E-state index in [-0.39, 0.29) is 0 Å². The molecular weight excluding hydrogens is 252 g/mol. The molecule has 3 nitrogen and oxygen atoms in total. The van der Waals surface area contributed by atoms with Crippen molar-refractivity contribution < 1.29 is 14.3 Å². The van der Waals surface area contributed by atoms with Gasteiger partial charge >= 0.3 is 0 Å². The molecule has 0 spiro atoms. The summed E-state index contributed by atoms with van der Waals surface area (Å²) in [5.74, 6) is 0.851. The van der Waals surface area contributed by atoms with Gasteiger partial charge in [0.05, 0.1) is 20.3 Å². The second-order valence-corrected chi connectivity index (χ2v) is 4.51. The number of ether oxygens (including phenoxy) is 2. The van der Waals surface area contributed by atoms with Gasteiger partial charge in [-0.2, -0.15) is 0 Å². The fraction of sp³-hybridized carbons (Fsp3) is 0.235. The van der Waals surface area contributed by atoms with Crippen LogP contribution >= 0.6 is 0 Å². The smallest absolute Gasteiger partial charge is 0.150 e. The molecule has 0 saturated heterocycles. The van der Waals surface area contributed by atoms with Crippen molar-refractivity contribution in [2.24, 2.45) is 0 Å². The summed E-state index contributed by atoms with van der Waals surface area (Å²) < 4.78 is 10.7. The van der Waals surface area contributed by atoms with Gasteiger partial charge in [-0.05, 0) is 29.7 Å². The molecule has 0 atom stereocenters. The Hall–Kier alpha value is -2.13. The van der Waals surface area contributed by atoms with Crippen LogP contribution in [-0.2, 0) is 17.8 Å². The van der Waals surface area contributed by atoms with Crippen molar-refractivity contribution in [3.8, 4) is 5.75 Å². The molecule has 0 aliphatic rings. The fourth-order valence-electron chi connectivity index (χ4n) is 1.86. The molecule has 0 fully saturated rings. The van der Waals surface area contributed by atoms with E-state index in [1.54, 1.807) is 7.11 Å². The van der Waals surface area contributed by atoms with Gasteiger partial charge in [-0.3, -0.25) is 4.79 Å². The second-order valence-electron chi connectivity index (χ2n) is 4.51. The van der Waals surface area contributed by atoms with Gasteiger partial charge in [-0.25, -0.2) is 0 Å². The van der Waals surface area contributed by atoms with E-state index in [1.165, 1.54) is 5.56 Å². The average Bonchev–Trinajstić information content (AvgIpc) is 2.53. The molecule has 0 saturated carbocycles. The van der Waals surface area contributed by atoms with Crippen LogP contribution in [0.2, 0.25) is 0 Å². The Morgan fingerprint density at radius 3 is 2.20 bits per heavy atom. The summed E-state index contributed by atoms with van der Waals surface area (Å²) in [7, 11) is 1.65. The van der Waals surface area contributed by atoms with Crippen LogP contribution in [0.1, 0.15) is 21.5 Å². The molecule has 0 N–H and O–H groups in total. The lowest BCUT2D eigenvalue weighted by molar-refractivity contribution is 0.112. The Bertz CT molecular complexity index is 529. The summed E-state index contributed by atoms with van der Waals surface area (Å²) in [4.78, 5) is 10.5. The minimum atomic E-state index is 0.594. The van der Waals surface area contributed by atoms with E-state index < -0.39 is 0 Å². The Balaban J connectivity index is 1.73. The maximum absolute atomic E-state index is 10.5. The summed E-state index contributed by atoms with van der Waals surface area (Å²) >= 11 is 0. The Morgan fingerprint density at radius 2 is 1.60 bits per heavy atom. The van der Waals surface area contributed by atoms with Gasteiger partial charge in [-0.1, -0.05) is 36.4 Å². The van der Waals surface area contributed by atoms with E-state index in [2.05, 4.69) is 0 Å². The van der Waals surface area contributed by atoms with Gasteiger partial charge in [0.2, 0.25) is 0 Å². The molecule has 20 heavy (non-hydrogen) atoms. The lowest BCUT2D eigenvalue weighted by Gasteiger charge is -2.06. The molecule has 0 radical (unpaired) electrons. The number of hydrogen-bond acceptors (Lipinski definition) is 3. The zero-order valence-corrected chi connectivity index (χ0v) is 11.5. The predicted molar refractivity (Wildman–Crippen MR) is 78.2 cm³/mol. The van der Waals surface area contributed by atoms with Crippen molar-refractivity contribution in [1.29, 1.82) is 0 Å². The van der Waals surface area contributed by atoms with Crippen LogP contribution in [0.3, 0.4) is 0 Å². The number of hydrogen-bond donors (Lipinski definition) is 0. The van der Waals surface area contributed by atoms with E-state index in [0.717, 1.165) is 24.0 Å². The molecule has 0 aromatic heterocycles. The van der Waals surface area contributed by atoms with Gasteiger partial charge in [0.25, 0.3) is 0 Å². The molecule has 3 heteroatoms. The fourth-order valence-corrected chi connectivity index (χ4v) is 1.86. The molecular formula is C17H18O3. The quantitative estimate of drug-likeness (QED) is 0.572. The van der Waals surface area contributed by atoms with E-state index in [0.29, 0.717) is 18.8 Å². The SMILES string of the molecule is COc1ccc(COCCc2ccc(C=O)cc2)cc1. The Kier molecular flexibility index (Phi) is 5.33. The highest BCUT2D eigenvalue weighted by atomic mass is 16.5. The maximum Gasteiger partial charge on any atom is 0.150 e. The normalized spacial score (nSPS) is 10.2. The van der Waals surface area contributed by atoms with Gasteiger partial charge in [-0.15, -0.1) is 0 Å². The number of carbonyl (C=O) groups excluding carboxylic acids is 1. The topological polar surface area (TPSA) is 35.5 Å². The first-order chi connectivity index (χ1) is 9.81. The monoisotopic (exact) mass is 270 g/mol. The van der Waals surface area contributed by atoms with Crippen LogP contribution in [0.4, 0.5) is 0 Å². The third-order valence-electron chi connectivity index (χ3n) is 3.08. The molecule has 0 aliphatic carbocycles.